The molecule has 0 saturated carbocycles. The van der Waals surface area contributed by atoms with Crippen LogP contribution in [0, 0.1) is 5.41 Å². The van der Waals surface area contributed by atoms with Crippen molar-refractivity contribution in [2.75, 3.05) is 13.2 Å². The number of nitrogens with zero attached hydrogens (tertiary/aromatic N) is 2. The maximum Gasteiger partial charge on any atom is 0.309 e. The number of amides is 1. The fraction of sp³-hybridized carbons (Fsp3) is 0.462. The highest BCUT2D eigenvalue weighted by Gasteiger charge is 2.32. The summed E-state index contributed by atoms with van der Waals surface area (Å²) in [6.07, 6.45) is 8.29. The summed E-state index contributed by atoms with van der Waals surface area (Å²) in [5.74, 6) is -1.94. The minimum Gasteiger partial charge on any atom is -0.481 e. The standard InChI is InChI=1S/C26H35ClN2O6S/c1-6-9-18(3)35-22(14-21(31)24-28-20(15-36-24)13-23(32)33)25(34)29(16-26(4,5)17-30)12-8-11-19(27)10-7-2/h6-8,10-12,15,18,22,30H,1,9,13-14,16-17H2,2-5H3,(H,32,33)/b10-7-,12-8+,19-11+/t18?,22-/m1/s1. The van der Waals surface area contributed by atoms with Gasteiger partial charge in [0, 0.05) is 41.6 Å². The molecule has 8 nitrogen and oxygen atoms in total. The van der Waals surface area contributed by atoms with Crippen molar-refractivity contribution in [2.45, 2.75) is 59.2 Å². The largest absolute Gasteiger partial charge is 0.481 e. The molecule has 0 radical (unpaired) electrons. The van der Waals surface area contributed by atoms with Crippen LogP contribution >= 0.6 is 22.9 Å². The Labute approximate surface area is 221 Å². The van der Waals surface area contributed by atoms with E-state index < -0.39 is 29.2 Å². The van der Waals surface area contributed by atoms with Crippen LogP contribution in [0.25, 0.3) is 0 Å². The number of thiazole rings is 1. The Hall–Kier alpha value is -2.59. The Bertz CT molecular complexity index is 998. The van der Waals surface area contributed by atoms with Crippen molar-refractivity contribution < 1.29 is 29.3 Å². The van der Waals surface area contributed by atoms with E-state index >= 15 is 0 Å². The summed E-state index contributed by atoms with van der Waals surface area (Å²) in [5, 5.41) is 20.8. The number of carboxylic acid groups (broad SMARTS) is 1. The Morgan fingerprint density at radius 1 is 1.36 bits per heavy atom. The molecule has 36 heavy (non-hydrogen) atoms. The highest BCUT2D eigenvalue weighted by Crippen LogP contribution is 2.21. The molecule has 0 aliphatic heterocycles. The molecular weight excluding hydrogens is 504 g/mol. The van der Waals surface area contributed by atoms with Gasteiger partial charge in [-0.2, -0.15) is 0 Å². The quantitative estimate of drug-likeness (QED) is 0.177. The fourth-order valence-corrected chi connectivity index (χ4v) is 4.01. The SMILES string of the molecule is C=CCC(C)O[C@H](CC(=O)c1nc(CC(=O)O)cs1)C(=O)N(/C=C/C=C(Cl)\C=C/C)CC(C)(C)CO. The van der Waals surface area contributed by atoms with Crippen molar-refractivity contribution in [2.24, 2.45) is 5.41 Å². The van der Waals surface area contributed by atoms with Gasteiger partial charge in [0.1, 0.15) is 6.10 Å². The number of aliphatic hydroxyl groups excluding tert-OH is 1. The van der Waals surface area contributed by atoms with E-state index in [9.17, 15) is 19.5 Å². The van der Waals surface area contributed by atoms with Crippen LogP contribution in [0.1, 0.15) is 56.0 Å². The van der Waals surface area contributed by atoms with Gasteiger partial charge in [0.15, 0.2) is 10.8 Å². The van der Waals surface area contributed by atoms with Crippen LogP contribution in [0.3, 0.4) is 0 Å². The van der Waals surface area contributed by atoms with Gasteiger partial charge in [0.25, 0.3) is 5.91 Å². The van der Waals surface area contributed by atoms with Gasteiger partial charge in [0.05, 0.1) is 18.2 Å². The number of carbonyl (C=O) groups excluding carboxylic acids is 2. The molecule has 1 rings (SSSR count). The van der Waals surface area contributed by atoms with Crippen LogP contribution in [-0.4, -0.2) is 63.1 Å². The molecule has 198 valence electrons. The van der Waals surface area contributed by atoms with E-state index in [1.54, 1.807) is 43.5 Å². The maximum absolute atomic E-state index is 13.6. The lowest BCUT2D eigenvalue weighted by atomic mass is 9.94. The highest BCUT2D eigenvalue weighted by atomic mass is 35.5. The lowest BCUT2D eigenvalue weighted by Crippen LogP contribution is -2.44. The lowest BCUT2D eigenvalue weighted by molar-refractivity contribution is -0.145. The smallest absolute Gasteiger partial charge is 0.309 e. The number of aliphatic carboxylic acids is 1. The molecule has 0 fully saturated rings. The summed E-state index contributed by atoms with van der Waals surface area (Å²) in [4.78, 5) is 43.0. The van der Waals surface area contributed by atoms with Crippen LogP contribution in [-0.2, 0) is 20.7 Å². The molecule has 0 saturated heterocycles. The van der Waals surface area contributed by atoms with E-state index in [1.807, 2.05) is 20.8 Å². The van der Waals surface area contributed by atoms with E-state index in [-0.39, 0.29) is 42.8 Å². The number of aromatic nitrogens is 1. The van der Waals surface area contributed by atoms with Crippen LogP contribution in [0.4, 0.5) is 0 Å². The Morgan fingerprint density at radius 3 is 2.64 bits per heavy atom. The first-order chi connectivity index (χ1) is 16.9. The number of aliphatic hydroxyl groups is 1. The lowest BCUT2D eigenvalue weighted by Gasteiger charge is -2.32. The second-order valence-electron chi connectivity index (χ2n) is 8.98. The summed E-state index contributed by atoms with van der Waals surface area (Å²) in [6.45, 7) is 10.9. The molecule has 0 aromatic carbocycles. The van der Waals surface area contributed by atoms with Crippen molar-refractivity contribution in [3.05, 3.63) is 64.3 Å². The molecular formula is C26H35ClN2O6S. The molecule has 1 aromatic heterocycles. The van der Waals surface area contributed by atoms with Gasteiger partial charge in [-0.1, -0.05) is 37.6 Å². The predicted molar refractivity (Wildman–Crippen MR) is 142 cm³/mol. The zero-order valence-corrected chi connectivity index (χ0v) is 22.7. The molecule has 2 N–H and O–H groups in total. The fourth-order valence-electron chi connectivity index (χ4n) is 3.04. The molecule has 1 amide bonds. The normalized spacial score (nSPS) is 14.2. The second kappa shape index (κ2) is 15.5. The van der Waals surface area contributed by atoms with Gasteiger partial charge in [-0.25, -0.2) is 4.98 Å². The van der Waals surface area contributed by atoms with Crippen LogP contribution < -0.4 is 0 Å². The molecule has 2 atom stereocenters. The van der Waals surface area contributed by atoms with Crippen molar-refractivity contribution in [3.8, 4) is 0 Å². The van der Waals surface area contributed by atoms with Gasteiger partial charge >= 0.3 is 5.97 Å². The molecule has 0 bridgehead atoms. The third kappa shape index (κ3) is 11.4. The first kappa shape index (κ1) is 31.4. The summed E-state index contributed by atoms with van der Waals surface area (Å²) in [5.41, 5.74) is -0.349. The van der Waals surface area contributed by atoms with E-state index in [0.717, 1.165) is 11.3 Å². The van der Waals surface area contributed by atoms with Crippen LogP contribution in [0.5, 0.6) is 0 Å². The number of ether oxygens (including phenoxy) is 1. The van der Waals surface area contributed by atoms with Crippen molar-refractivity contribution in [1.82, 2.24) is 9.88 Å². The van der Waals surface area contributed by atoms with E-state index in [1.165, 1.54) is 10.3 Å². The third-order valence-corrected chi connectivity index (χ3v) is 6.00. The zero-order chi connectivity index (χ0) is 27.3. The van der Waals surface area contributed by atoms with E-state index in [0.29, 0.717) is 11.5 Å². The Morgan fingerprint density at radius 2 is 2.06 bits per heavy atom. The third-order valence-electron chi connectivity index (χ3n) is 4.82. The van der Waals surface area contributed by atoms with Gasteiger partial charge in [-0.15, -0.1) is 17.9 Å². The summed E-state index contributed by atoms with van der Waals surface area (Å²) in [6, 6.07) is 0. The molecule has 0 spiro atoms. The average molecular weight is 539 g/mol. The summed E-state index contributed by atoms with van der Waals surface area (Å²) in [7, 11) is 0. The summed E-state index contributed by atoms with van der Waals surface area (Å²) < 4.78 is 5.96. The topological polar surface area (TPSA) is 117 Å². The number of rotatable bonds is 16. The predicted octanol–water partition coefficient (Wildman–Crippen LogP) is 4.75. The summed E-state index contributed by atoms with van der Waals surface area (Å²) >= 11 is 7.13. The first-order valence-corrected chi connectivity index (χ1v) is 12.7. The first-order valence-electron chi connectivity index (χ1n) is 11.5. The number of hydrogen-bond donors (Lipinski definition) is 2. The molecule has 1 heterocycles. The van der Waals surface area contributed by atoms with Crippen molar-refractivity contribution >= 4 is 40.6 Å². The number of ketones is 1. The Balaban J connectivity index is 3.26. The van der Waals surface area contributed by atoms with Gasteiger partial charge < -0.3 is 19.8 Å². The molecule has 0 aliphatic rings. The minimum atomic E-state index is -1.13. The monoisotopic (exact) mass is 538 g/mol. The van der Waals surface area contributed by atoms with Gasteiger partial charge in [0.2, 0.25) is 0 Å². The van der Waals surface area contributed by atoms with E-state index in [2.05, 4.69) is 11.6 Å². The van der Waals surface area contributed by atoms with Crippen LogP contribution in [0.2, 0.25) is 0 Å². The molecule has 0 aliphatic carbocycles. The number of Topliss-reactive ketones (excluding diaryl/α,β-unsaturated/α-hetero) is 1. The number of carboxylic acids is 1. The zero-order valence-electron chi connectivity index (χ0n) is 21.1. The average Bonchev–Trinajstić information content (AvgIpc) is 3.25. The Kier molecular flexibility index (Phi) is 13.5. The number of carbonyl (C=O) groups is 3. The molecule has 10 heteroatoms. The van der Waals surface area contributed by atoms with E-state index in [4.69, 9.17) is 21.4 Å². The maximum atomic E-state index is 13.6. The number of allylic oxidation sites excluding steroid dienone is 5. The van der Waals surface area contributed by atoms with Crippen molar-refractivity contribution in [3.63, 3.8) is 0 Å². The second-order valence-corrected chi connectivity index (χ2v) is 10.3. The molecule has 1 unspecified atom stereocenters. The van der Waals surface area contributed by atoms with Gasteiger partial charge in [-0.05, 0) is 38.5 Å². The van der Waals surface area contributed by atoms with Crippen molar-refractivity contribution in [1.29, 1.82) is 0 Å². The van der Waals surface area contributed by atoms with Gasteiger partial charge in [-0.3, -0.25) is 14.4 Å². The molecule has 1 aromatic rings. The van der Waals surface area contributed by atoms with Crippen LogP contribution in [0.15, 0.2) is 53.6 Å². The number of hydrogen-bond acceptors (Lipinski definition) is 7. The highest BCUT2D eigenvalue weighted by molar-refractivity contribution is 7.11. The minimum absolute atomic E-state index is 0.114. The number of halogens is 1.